The Bertz CT molecular complexity index is 557. The molecular weight excluding hydrogens is 300 g/mol. The molecule has 1 aliphatic heterocycles. The van der Waals surface area contributed by atoms with E-state index in [0.717, 1.165) is 32.1 Å². The lowest BCUT2D eigenvalue weighted by molar-refractivity contribution is 0.306. The van der Waals surface area contributed by atoms with Gasteiger partial charge < -0.3 is 10.5 Å². The first-order valence-electron chi connectivity index (χ1n) is 8.04. The van der Waals surface area contributed by atoms with Crippen LogP contribution in [0.3, 0.4) is 0 Å². The second-order valence-electron chi connectivity index (χ2n) is 5.67. The largest absolute Gasteiger partial charge is 0.494 e. The first-order valence-corrected chi connectivity index (χ1v) is 9.48. The van der Waals surface area contributed by atoms with Gasteiger partial charge in [-0.2, -0.15) is 4.31 Å². The van der Waals surface area contributed by atoms with Gasteiger partial charge in [0, 0.05) is 19.1 Å². The molecule has 0 amide bonds. The van der Waals surface area contributed by atoms with Gasteiger partial charge in [0.05, 0.1) is 11.5 Å². The van der Waals surface area contributed by atoms with E-state index in [1.54, 1.807) is 24.3 Å². The van der Waals surface area contributed by atoms with Gasteiger partial charge >= 0.3 is 0 Å². The summed E-state index contributed by atoms with van der Waals surface area (Å²) in [5.74, 6) is 0.715. The summed E-state index contributed by atoms with van der Waals surface area (Å²) in [6, 6.07) is 6.63. The summed E-state index contributed by atoms with van der Waals surface area (Å²) in [5, 5.41) is 0. The topological polar surface area (TPSA) is 72.6 Å². The van der Waals surface area contributed by atoms with Gasteiger partial charge in [-0.25, -0.2) is 8.42 Å². The van der Waals surface area contributed by atoms with Crippen LogP contribution < -0.4 is 10.5 Å². The van der Waals surface area contributed by atoms with Crippen molar-refractivity contribution >= 4 is 10.0 Å². The van der Waals surface area contributed by atoms with E-state index < -0.39 is 10.0 Å². The summed E-state index contributed by atoms with van der Waals surface area (Å²) in [7, 11) is -3.45. The zero-order chi connectivity index (χ0) is 16.0. The van der Waals surface area contributed by atoms with Gasteiger partial charge in [0.25, 0.3) is 0 Å². The van der Waals surface area contributed by atoms with Crippen LogP contribution in [0.25, 0.3) is 0 Å². The predicted molar refractivity (Wildman–Crippen MR) is 87.4 cm³/mol. The van der Waals surface area contributed by atoms with Crippen LogP contribution >= 0.6 is 0 Å². The molecule has 1 aromatic carbocycles. The third-order valence-corrected chi connectivity index (χ3v) is 6.01. The Morgan fingerprint density at radius 3 is 2.64 bits per heavy atom. The van der Waals surface area contributed by atoms with E-state index in [0.29, 0.717) is 30.3 Å². The number of rotatable bonds is 8. The Labute approximate surface area is 133 Å². The lowest BCUT2D eigenvalue weighted by Gasteiger charge is -2.22. The van der Waals surface area contributed by atoms with Gasteiger partial charge in [0.1, 0.15) is 5.75 Å². The highest BCUT2D eigenvalue weighted by Crippen LogP contribution is 2.26. The molecule has 22 heavy (non-hydrogen) atoms. The fraction of sp³-hybridized carbons (Fsp3) is 0.625. The van der Waals surface area contributed by atoms with Crippen molar-refractivity contribution in [3.05, 3.63) is 24.3 Å². The number of nitrogens with zero attached hydrogens (tertiary/aromatic N) is 1. The van der Waals surface area contributed by atoms with E-state index >= 15 is 0 Å². The van der Waals surface area contributed by atoms with Gasteiger partial charge in [0.15, 0.2) is 0 Å². The molecule has 0 bridgehead atoms. The Kier molecular flexibility index (Phi) is 6.23. The summed E-state index contributed by atoms with van der Waals surface area (Å²) in [6.07, 6.45) is 5.02. The Hall–Kier alpha value is -1.11. The van der Waals surface area contributed by atoms with Gasteiger partial charge in [-0.1, -0.05) is 19.8 Å². The van der Waals surface area contributed by atoms with Crippen LogP contribution in [-0.2, 0) is 10.0 Å². The maximum absolute atomic E-state index is 12.6. The number of unbranched alkanes of at least 4 members (excludes halogenated alkanes) is 2. The maximum atomic E-state index is 12.6. The highest BCUT2D eigenvalue weighted by molar-refractivity contribution is 7.89. The Morgan fingerprint density at radius 2 is 2.00 bits per heavy atom. The molecule has 1 atom stereocenters. The van der Waals surface area contributed by atoms with Gasteiger partial charge in [-0.3, -0.25) is 0 Å². The average Bonchev–Trinajstić information content (AvgIpc) is 3.01. The fourth-order valence-electron chi connectivity index (χ4n) is 2.75. The standard InChI is InChI=1S/C16H26N2O3S/c1-2-3-4-12-21-15-7-9-16(10-8-15)22(19,20)18-11-5-6-14(18)13-17/h7-10,14H,2-6,11-13,17H2,1H3. The van der Waals surface area contributed by atoms with Crippen molar-refractivity contribution in [1.82, 2.24) is 4.31 Å². The van der Waals surface area contributed by atoms with Crippen LogP contribution in [0.15, 0.2) is 29.2 Å². The van der Waals surface area contributed by atoms with Crippen LogP contribution in [-0.4, -0.2) is 38.5 Å². The molecule has 1 aliphatic rings. The van der Waals surface area contributed by atoms with E-state index in [2.05, 4.69) is 6.92 Å². The number of ether oxygens (including phenoxy) is 1. The Balaban J connectivity index is 2.02. The van der Waals surface area contributed by atoms with Crippen LogP contribution in [0.2, 0.25) is 0 Å². The molecule has 0 radical (unpaired) electrons. The molecule has 2 rings (SSSR count). The van der Waals surface area contributed by atoms with Crippen LogP contribution in [0.4, 0.5) is 0 Å². The molecule has 0 saturated carbocycles. The highest BCUT2D eigenvalue weighted by atomic mass is 32.2. The molecule has 124 valence electrons. The normalized spacial score (nSPS) is 19.5. The summed E-state index contributed by atoms with van der Waals surface area (Å²) in [4.78, 5) is 0.314. The molecular formula is C16H26N2O3S. The van der Waals surface area contributed by atoms with Crippen molar-refractivity contribution in [3.63, 3.8) is 0 Å². The monoisotopic (exact) mass is 326 g/mol. The van der Waals surface area contributed by atoms with Crippen molar-refractivity contribution in [2.45, 2.75) is 50.0 Å². The molecule has 1 fully saturated rings. The third kappa shape index (κ3) is 4.00. The predicted octanol–water partition coefficient (Wildman–Crippen LogP) is 2.37. The molecule has 5 nitrogen and oxygen atoms in total. The van der Waals surface area contributed by atoms with Crippen LogP contribution in [0, 0.1) is 0 Å². The minimum Gasteiger partial charge on any atom is -0.494 e. The number of sulfonamides is 1. The van der Waals surface area contributed by atoms with Gasteiger partial charge in [-0.15, -0.1) is 0 Å². The molecule has 0 spiro atoms. The summed E-state index contributed by atoms with van der Waals surface area (Å²) in [6.45, 7) is 3.74. The molecule has 0 aromatic heterocycles. The first-order chi connectivity index (χ1) is 10.6. The maximum Gasteiger partial charge on any atom is 0.243 e. The number of benzene rings is 1. The smallest absolute Gasteiger partial charge is 0.243 e. The molecule has 1 unspecified atom stereocenters. The second-order valence-corrected chi connectivity index (χ2v) is 7.57. The highest BCUT2D eigenvalue weighted by Gasteiger charge is 2.34. The third-order valence-electron chi connectivity index (χ3n) is 4.04. The molecule has 0 aliphatic carbocycles. The fourth-order valence-corrected chi connectivity index (χ4v) is 4.45. The van der Waals surface area contributed by atoms with Crippen molar-refractivity contribution < 1.29 is 13.2 Å². The summed E-state index contributed by atoms with van der Waals surface area (Å²) in [5.41, 5.74) is 5.68. The van der Waals surface area contributed by atoms with Crippen molar-refractivity contribution in [2.24, 2.45) is 5.73 Å². The van der Waals surface area contributed by atoms with E-state index in [9.17, 15) is 8.42 Å². The molecule has 2 N–H and O–H groups in total. The van der Waals surface area contributed by atoms with E-state index in [-0.39, 0.29) is 6.04 Å². The zero-order valence-electron chi connectivity index (χ0n) is 13.2. The number of hydrogen-bond donors (Lipinski definition) is 1. The first kappa shape index (κ1) is 17.2. The van der Waals surface area contributed by atoms with Crippen LogP contribution in [0.1, 0.15) is 39.0 Å². The van der Waals surface area contributed by atoms with Crippen molar-refractivity contribution in [2.75, 3.05) is 19.7 Å². The second kappa shape index (κ2) is 7.94. The molecule has 6 heteroatoms. The minimum atomic E-state index is -3.45. The van der Waals surface area contributed by atoms with Gasteiger partial charge in [-0.05, 0) is 43.5 Å². The number of hydrogen-bond acceptors (Lipinski definition) is 4. The lowest BCUT2D eigenvalue weighted by Crippen LogP contribution is -2.39. The SMILES string of the molecule is CCCCCOc1ccc(S(=O)(=O)N2CCCC2CN)cc1. The van der Waals surface area contributed by atoms with Gasteiger partial charge in [0.2, 0.25) is 10.0 Å². The van der Waals surface area contributed by atoms with E-state index in [4.69, 9.17) is 10.5 Å². The number of nitrogens with two attached hydrogens (primary N) is 1. The summed E-state index contributed by atoms with van der Waals surface area (Å²) < 4.78 is 32.4. The lowest BCUT2D eigenvalue weighted by atomic mass is 10.2. The zero-order valence-corrected chi connectivity index (χ0v) is 14.0. The minimum absolute atomic E-state index is 0.0741. The molecule has 1 aromatic rings. The summed E-state index contributed by atoms with van der Waals surface area (Å²) >= 11 is 0. The molecule has 1 saturated heterocycles. The molecule has 1 heterocycles. The van der Waals surface area contributed by atoms with E-state index in [1.807, 2.05) is 0 Å². The van der Waals surface area contributed by atoms with Crippen LogP contribution in [0.5, 0.6) is 5.75 Å². The van der Waals surface area contributed by atoms with Crippen molar-refractivity contribution in [3.8, 4) is 5.75 Å². The average molecular weight is 326 g/mol. The quantitative estimate of drug-likeness (QED) is 0.744. The van der Waals surface area contributed by atoms with E-state index in [1.165, 1.54) is 4.31 Å². The van der Waals surface area contributed by atoms with Crippen molar-refractivity contribution in [1.29, 1.82) is 0 Å². The Morgan fingerprint density at radius 1 is 1.27 bits per heavy atom.